The SMILES string of the molecule is c1ccc(-c2cn3ccnc3c(NCc3ccoc3)n2)cc1. The molecular weight excluding hydrogens is 276 g/mol. The van der Waals surface area contributed by atoms with Crippen LogP contribution in [0.3, 0.4) is 0 Å². The Kier molecular flexibility index (Phi) is 3.08. The highest BCUT2D eigenvalue weighted by Gasteiger charge is 2.09. The Morgan fingerprint density at radius 3 is 2.86 bits per heavy atom. The summed E-state index contributed by atoms with van der Waals surface area (Å²) in [4.78, 5) is 9.09. The zero-order valence-electron chi connectivity index (χ0n) is 11.8. The molecule has 0 atom stereocenters. The summed E-state index contributed by atoms with van der Waals surface area (Å²) in [6.07, 6.45) is 9.06. The predicted octanol–water partition coefficient (Wildman–Crippen LogP) is 3.60. The Bertz CT molecular complexity index is 882. The lowest BCUT2D eigenvalue weighted by Gasteiger charge is -2.09. The molecule has 1 aromatic carbocycles. The fourth-order valence-electron chi connectivity index (χ4n) is 2.38. The highest BCUT2D eigenvalue weighted by Crippen LogP contribution is 2.22. The first-order valence-corrected chi connectivity index (χ1v) is 7.04. The van der Waals surface area contributed by atoms with Crippen LogP contribution in [0.4, 0.5) is 5.82 Å². The summed E-state index contributed by atoms with van der Waals surface area (Å²) in [5.41, 5.74) is 3.85. The van der Waals surface area contributed by atoms with E-state index < -0.39 is 0 Å². The van der Waals surface area contributed by atoms with Gasteiger partial charge in [-0.05, 0) is 6.07 Å². The van der Waals surface area contributed by atoms with E-state index in [4.69, 9.17) is 9.40 Å². The highest BCUT2D eigenvalue weighted by atomic mass is 16.3. The molecule has 5 heteroatoms. The second kappa shape index (κ2) is 5.37. The molecule has 0 saturated carbocycles. The molecule has 108 valence electrons. The maximum absolute atomic E-state index is 5.09. The van der Waals surface area contributed by atoms with Gasteiger partial charge in [-0.2, -0.15) is 0 Å². The van der Waals surface area contributed by atoms with Crippen molar-refractivity contribution in [2.75, 3.05) is 5.32 Å². The van der Waals surface area contributed by atoms with Crippen molar-refractivity contribution in [3.8, 4) is 11.3 Å². The molecule has 5 nitrogen and oxygen atoms in total. The minimum atomic E-state index is 0.643. The van der Waals surface area contributed by atoms with Gasteiger partial charge in [-0.25, -0.2) is 9.97 Å². The number of hydrogen-bond acceptors (Lipinski definition) is 4. The number of nitrogens with zero attached hydrogens (tertiary/aromatic N) is 3. The van der Waals surface area contributed by atoms with E-state index in [1.807, 2.05) is 53.2 Å². The lowest BCUT2D eigenvalue weighted by atomic mass is 10.2. The van der Waals surface area contributed by atoms with E-state index in [1.165, 1.54) is 0 Å². The molecule has 0 saturated heterocycles. The molecule has 3 aromatic heterocycles. The van der Waals surface area contributed by atoms with Gasteiger partial charge in [0.05, 0.1) is 18.2 Å². The zero-order chi connectivity index (χ0) is 14.8. The van der Waals surface area contributed by atoms with Gasteiger partial charge in [-0.1, -0.05) is 30.3 Å². The number of aromatic nitrogens is 3. The lowest BCUT2D eigenvalue weighted by Crippen LogP contribution is -2.04. The molecule has 0 radical (unpaired) electrons. The molecule has 0 amide bonds. The fourth-order valence-corrected chi connectivity index (χ4v) is 2.38. The molecule has 22 heavy (non-hydrogen) atoms. The Hall–Kier alpha value is -3.08. The number of anilines is 1. The van der Waals surface area contributed by atoms with E-state index in [2.05, 4.69) is 10.3 Å². The van der Waals surface area contributed by atoms with Gasteiger partial charge in [0.1, 0.15) is 0 Å². The van der Waals surface area contributed by atoms with E-state index in [0.29, 0.717) is 6.54 Å². The van der Waals surface area contributed by atoms with Crippen LogP contribution in [-0.4, -0.2) is 14.4 Å². The molecule has 0 fully saturated rings. The number of hydrogen-bond donors (Lipinski definition) is 1. The van der Waals surface area contributed by atoms with Gasteiger partial charge < -0.3 is 14.1 Å². The van der Waals surface area contributed by atoms with E-state index in [1.54, 1.807) is 18.7 Å². The molecule has 0 aliphatic heterocycles. The van der Waals surface area contributed by atoms with Crippen molar-refractivity contribution in [2.24, 2.45) is 0 Å². The number of fused-ring (bicyclic) bond motifs is 1. The second-order valence-corrected chi connectivity index (χ2v) is 4.98. The number of furan rings is 1. The predicted molar refractivity (Wildman–Crippen MR) is 84.5 cm³/mol. The van der Waals surface area contributed by atoms with E-state index in [-0.39, 0.29) is 0 Å². The average molecular weight is 290 g/mol. The van der Waals surface area contributed by atoms with Crippen molar-refractivity contribution < 1.29 is 4.42 Å². The minimum Gasteiger partial charge on any atom is -0.472 e. The number of imidazole rings is 1. The highest BCUT2D eigenvalue weighted by molar-refractivity contribution is 5.69. The van der Waals surface area contributed by atoms with Crippen molar-refractivity contribution >= 4 is 11.5 Å². The van der Waals surface area contributed by atoms with Crippen LogP contribution in [-0.2, 0) is 6.54 Å². The minimum absolute atomic E-state index is 0.643. The normalized spacial score (nSPS) is 10.9. The molecule has 0 spiro atoms. The zero-order valence-corrected chi connectivity index (χ0v) is 11.8. The Labute approximate surface area is 127 Å². The van der Waals surface area contributed by atoms with E-state index in [9.17, 15) is 0 Å². The molecule has 1 N–H and O–H groups in total. The van der Waals surface area contributed by atoms with Crippen molar-refractivity contribution in [1.82, 2.24) is 14.4 Å². The van der Waals surface area contributed by atoms with Crippen LogP contribution < -0.4 is 5.32 Å². The van der Waals surface area contributed by atoms with Gasteiger partial charge >= 0.3 is 0 Å². The summed E-state index contributed by atoms with van der Waals surface area (Å²) in [6.45, 7) is 0.643. The Balaban J connectivity index is 1.74. The Morgan fingerprint density at radius 2 is 2.05 bits per heavy atom. The maximum atomic E-state index is 5.09. The topological polar surface area (TPSA) is 55.4 Å². The first-order chi connectivity index (χ1) is 10.9. The standard InChI is InChI=1S/C17H14N4O/c1-2-4-14(5-3-1)15-11-21-8-7-18-17(21)16(20-15)19-10-13-6-9-22-12-13/h1-9,11-12H,10H2,(H,19,20). The van der Waals surface area contributed by atoms with E-state index in [0.717, 1.165) is 28.3 Å². The number of rotatable bonds is 4. The molecule has 4 rings (SSSR count). The summed E-state index contributed by atoms with van der Waals surface area (Å²) in [5.74, 6) is 0.757. The molecular formula is C17H14N4O. The van der Waals surface area contributed by atoms with Gasteiger partial charge in [-0.3, -0.25) is 0 Å². The monoisotopic (exact) mass is 290 g/mol. The first-order valence-electron chi connectivity index (χ1n) is 7.04. The van der Waals surface area contributed by atoms with Crippen LogP contribution in [0, 0.1) is 0 Å². The molecule has 4 aromatic rings. The van der Waals surface area contributed by atoms with Crippen LogP contribution in [0.2, 0.25) is 0 Å². The van der Waals surface area contributed by atoms with Crippen molar-refractivity contribution in [3.63, 3.8) is 0 Å². The van der Waals surface area contributed by atoms with Gasteiger partial charge in [0, 0.05) is 36.3 Å². The van der Waals surface area contributed by atoms with Crippen LogP contribution in [0.1, 0.15) is 5.56 Å². The largest absolute Gasteiger partial charge is 0.472 e. The van der Waals surface area contributed by atoms with Crippen LogP contribution >= 0.6 is 0 Å². The quantitative estimate of drug-likeness (QED) is 0.624. The summed E-state index contributed by atoms with van der Waals surface area (Å²) in [6, 6.07) is 12.0. The third-order valence-electron chi connectivity index (χ3n) is 3.48. The molecule has 0 aliphatic rings. The molecule has 0 unspecified atom stereocenters. The Morgan fingerprint density at radius 1 is 1.14 bits per heavy atom. The van der Waals surface area contributed by atoms with Gasteiger partial charge in [0.2, 0.25) is 0 Å². The average Bonchev–Trinajstić information content (AvgIpc) is 3.24. The van der Waals surface area contributed by atoms with Gasteiger partial charge in [0.15, 0.2) is 11.5 Å². The van der Waals surface area contributed by atoms with Gasteiger partial charge in [0.25, 0.3) is 0 Å². The smallest absolute Gasteiger partial charge is 0.180 e. The first kappa shape index (κ1) is 12.6. The van der Waals surface area contributed by atoms with Crippen LogP contribution in [0.25, 0.3) is 16.9 Å². The number of nitrogens with one attached hydrogen (secondary N) is 1. The number of benzene rings is 1. The van der Waals surface area contributed by atoms with E-state index >= 15 is 0 Å². The third kappa shape index (κ3) is 2.33. The molecule has 0 bridgehead atoms. The summed E-state index contributed by atoms with van der Waals surface area (Å²) in [5, 5.41) is 3.33. The summed E-state index contributed by atoms with van der Waals surface area (Å²) < 4.78 is 7.07. The lowest BCUT2D eigenvalue weighted by molar-refractivity contribution is 0.564. The third-order valence-corrected chi connectivity index (χ3v) is 3.48. The summed E-state index contributed by atoms with van der Waals surface area (Å²) >= 11 is 0. The second-order valence-electron chi connectivity index (χ2n) is 4.98. The van der Waals surface area contributed by atoms with Crippen molar-refractivity contribution in [3.05, 3.63) is 73.1 Å². The van der Waals surface area contributed by atoms with Crippen LogP contribution in [0.5, 0.6) is 0 Å². The van der Waals surface area contributed by atoms with Crippen molar-refractivity contribution in [1.29, 1.82) is 0 Å². The van der Waals surface area contributed by atoms with Crippen molar-refractivity contribution in [2.45, 2.75) is 6.54 Å². The fraction of sp³-hybridized carbons (Fsp3) is 0.0588. The molecule has 0 aliphatic carbocycles. The van der Waals surface area contributed by atoms with Crippen LogP contribution in [0.15, 0.2) is 71.9 Å². The maximum Gasteiger partial charge on any atom is 0.180 e. The van der Waals surface area contributed by atoms with Gasteiger partial charge in [-0.15, -0.1) is 0 Å². The molecule has 3 heterocycles. The summed E-state index contributed by atoms with van der Waals surface area (Å²) in [7, 11) is 0.